The first-order valence-corrected chi connectivity index (χ1v) is 5.40. The fourth-order valence-corrected chi connectivity index (χ4v) is 2.52. The average Bonchev–Trinajstić information content (AvgIpc) is 2.61. The van der Waals surface area contributed by atoms with E-state index in [1.807, 2.05) is 24.3 Å². The lowest BCUT2D eigenvalue weighted by molar-refractivity contribution is 0.735. The molecule has 1 atom stereocenters. The first kappa shape index (κ1) is 10.1. The van der Waals surface area contributed by atoms with Gasteiger partial charge in [-0.1, -0.05) is 12.1 Å². The van der Waals surface area contributed by atoms with Gasteiger partial charge in [0.2, 0.25) is 0 Å². The van der Waals surface area contributed by atoms with E-state index in [1.54, 1.807) is 18.4 Å². The number of hydrogen-bond acceptors (Lipinski definition) is 4. The summed E-state index contributed by atoms with van der Waals surface area (Å²) in [4.78, 5) is 4.44. The number of thiazole rings is 1. The van der Waals surface area contributed by atoms with Crippen LogP contribution in [0.1, 0.15) is 11.0 Å². The molecule has 0 bridgehead atoms. The van der Waals surface area contributed by atoms with E-state index < -0.39 is 0 Å². The monoisotopic (exact) mass is 220 g/mol. The van der Waals surface area contributed by atoms with E-state index in [2.05, 4.69) is 10.3 Å². The van der Waals surface area contributed by atoms with Crippen molar-refractivity contribution in [3.8, 4) is 0 Å². The maximum Gasteiger partial charge on any atom is 0.119 e. The highest BCUT2D eigenvalue weighted by Crippen LogP contribution is 2.25. The molecule has 0 spiro atoms. The average molecular weight is 220 g/mol. The van der Waals surface area contributed by atoms with Crippen molar-refractivity contribution in [1.29, 1.82) is 5.41 Å². The van der Waals surface area contributed by atoms with Crippen LogP contribution in [0.15, 0.2) is 24.3 Å². The zero-order chi connectivity index (χ0) is 10.8. The topological polar surface area (TPSA) is 74.8 Å². The Balaban J connectivity index is 2.47. The summed E-state index contributed by atoms with van der Waals surface area (Å²) in [5.41, 5.74) is 6.45. The van der Waals surface area contributed by atoms with Crippen LogP contribution in [-0.4, -0.2) is 17.9 Å². The highest BCUT2D eigenvalue weighted by molar-refractivity contribution is 7.18. The normalized spacial score (nSPS) is 12.9. The summed E-state index contributed by atoms with van der Waals surface area (Å²) >= 11 is 1.56. The quantitative estimate of drug-likeness (QED) is 0.542. The van der Waals surface area contributed by atoms with Gasteiger partial charge in [0.1, 0.15) is 16.9 Å². The summed E-state index contributed by atoms with van der Waals surface area (Å²) in [6, 6.07) is 7.63. The number of amidine groups is 1. The van der Waals surface area contributed by atoms with Gasteiger partial charge in [-0.15, -0.1) is 11.3 Å². The lowest BCUT2D eigenvalue weighted by atomic mass is 10.3. The highest BCUT2D eigenvalue weighted by atomic mass is 32.1. The van der Waals surface area contributed by atoms with Crippen LogP contribution in [-0.2, 0) is 0 Å². The Kier molecular flexibility index (Phi) is 2.66. The largest absolute Gasteiger partial charge is 0.386 e. The summed E-state index contributed by atoms with van der Waals surface area (Å²) < 4.78 is 1.12. The molecule has 0 saturated heterocycles. The number of likely N-dealkylation sites (N-methyl/N-ethyl adjacent to an activating group) is 1. The summed E-state index contributed by atoms with van der Waals surface area (Å²) in [6.45, 7) is 0. The Morgan fingerprint density at radius 2 is 2.27 bits per heavy atom. The third-order valence-corrected chi connectivity index (χ3v) is 3.26. The van der Waals surface area contributed by atoms with E-state index >= 15 is 0 Å². The standard InChI is InChI=1S/C10H12N4S/c1-13-8(9(11)12)10-14-6-4-2-3-5-7(6)15-10/h2-5,8,13H,1H3,(H3,11,12). The van der Waals surface area contributed by atoms with Crippen molar-refractivity contribution < 1.29 is 0 Å². The predicted octanol–water partition coefficient (Wildman–Crippen LogP) is 1.49. The second kappa shape index (κ2) is 3.96. The second-order valence-corrected chi connectivity index (χ2v) is 4.26. The van der Waals surface area contributed by atoms with E-state index in [-0.39, 0.29) is 11.9 Å². The number of rotatable bonds is 3. The maximum absolute atomic E-state index is 7.44. The van der Waals surface area contributed by atoms with Gasteiger partial charge in [0.05, 0.1) is 10.2 Å². The van der Waals surface area contributed by atoms with Gasteiger partial charge in [0, 0.05) is 0 Å². The smallest absolute Gasteiger partial charge is 0.119 e. The van der Waals surface area contributed by atoms with E-state index in [0.29, 0.717) is 0 Å². The first-order chi connectivity index (χ1) is 7.22. The number of aromatic nitrogens is 1. The molecule has 15 heavy (non-hydrogen) atoms. The molecule has 2 rings (SSSR count). The van der Waals surface area contributed by atoms with Crippen molar-refractivity contribution in [2.75, 3.05) is 7.05 Å². The Morgan fingerprint density at radius 3 is 2.87 bits per heavy atom. The molecule has 1 aromatic heterocycles. The molecule has 2 aromatic rings. The number of para-hydroxylation sites is 1. The van der Waals surface area contributed by atoms with Crippen molar-refractivity contribution in [1.82, 2.24) is 10.3 Å². The van der Waals surface area contributed by atoms with Gasteiger partial charge in [-0.2, -0.15) is 0 Å². The molecule has 4 nitrogen and oxygen atoms in total. The molecular formula is C10H12N4S. The van der Waals surface area contributed by atoms with Gasteiger partial charge in [-0.25, -0.2) is 4.98 Å². The molecule has 0 saturated carbocycles. The molecule has 1 aromatic carbocycles. The van der Waals surface area contributed by atoms with Crippen molar-refractivity contribution in [2.45, 2.75) is 6.04 Å². The van der Waals surface area contributed by atoms with E-state index in [4.69, 9.17) is 11.1 Å². The van der Waals surface area contributed by atoms with E-state index in [1.165, 1.54) is 0 Å². The molecule has 0 amide bonds. The second-order valence-electron chi connectivity index (χ2n) is 3.20. The predicted molar refractivity (Wildman–Crippen MR) is 63.3 cm³/mol. The number of benzene rings is 1. The van der Waals surface area contributed by atoms with Crippen LogP contribution >= 0.6 is 11.3 Å². The Morgan fingerprint density at radius 1 is 1.53 bits per heavy atom. The number of nitrogens with one attached hydrogen (secondary N) is 2. The van der Waals surface area contributed by atoms with Crippen LogP contribution in [0.3, 0.4) is 0 Å². The van der Waals surface area contributed by atoms with Crippen LogP contribution in [0.5, 0.6) is 0 Å². The maximum atomic E-state index is 7.44. The van der Waals surface area contributed by atoms with Crippen LogP contribution < -0.4 is 11.1 Å². The minimum Gasteiger partial charge on any atom is -0.386 e. The lowest BCUT2D eigenvalue weighted by Gasteiger charge is -2.09. The van der Waals surface area contributed by atoms with Gasteiger partial charge >= 0.3 is 0 Å². The Hall–Kier alpha value is -1.46. The van der Waals surface area contributed by atoms with Gasteiger partial charge < -0.3 is 11.1 Å². The molecule has 0 aliphatic carbocycles. The van der Waals surface area contributed by atoms with Crippen LogP contribution in [0, 0.1) is 5.41 Å². The number of hydrogen-bond donors (Lipinski definition) is 3. The number of nitrogens with zero attached hydrogens (tertiary/aromatic N) is 1. The van der Waals surface area contributed by atoms with Crippen molar-refractivity contribution >= 4 is 27.4 Å². The molecule has 0 fully saturated rings. The number of nitrogens with two attached hydrogens (primary N) is 1. The summed E-state index contributed by atoms with van der Waals surface area (Å²) in [5.74, 6) is 0.0940. The molecule has 0 radical (unpaired) electrons. The minimum atomic E-state index is -0.276. The summed E-state index contributed by atoms with van der Waals surface area (Å²) in [7, 11) is 1.78. The highest BCUT2D eigenvalue weighted by Gasteiger charge is 2.16. The zero-order valence-corrected chi connectivity index (χ0v) is 9.14. The van der Waals surface area contributed by atoms with E-state index in [9.17, 15) is 0 Å². The molecule has 5 heteroatoms. The molecule has 78 valence electrons. The van der Waals surface area contributed by atoms with Crippen molar-refractivity contribution in [3.05, 3.63) is 29.3 Å². The van der Waals surface area contributed by atoms with Crippen LogP contribution in [0.25, 0.3) is 10.2 Å². The Labute approximate surface area is 91.6 Å². The first-order valence-electron chi connectivity index (χ1n) is 4.59. The number of fused-ring (bicyclic) bond motifs is 1. The molecule has 1 unspecified atom stereocenters. The zero-order valence-electron chi connectivity index (χ0n) is 8.32. The van der Waals surface area contributed by atoms with Gasteiger partial charge in [-0.3, -0.25) is 5.41 Å². The van der Waals surface area contributed by atoms with Gasteiger partial charge in [0.15, 0.2) is 0 Å². The fraction of sp³-hybridized carbons (Fsp3) is 0.200. The van der Waals surface area contributed by atoms with Crippen LogP contribution in [0.2, 0.25) is 0 Å². The molecule has 4 N–H and O–H groups in total. The van der Waals surface area contributed by atoms with Crippen molar-refractivity contribution in [3.63, 3.8) is 0 Å². The van der Waals surface area contributed by atoms with Crippen LogP contribution in [0.4, 0.5) is 0 Å². The van der Waals surface area contributed by atoms with E-state index in [0.717, 1.165) is 15.2 Å². The Bertz CT molecular complexity index is 458. The van der Waals surface area contributed by atoms with Gasteiger partial charge in [0.25, 0.3) is 0 Å². The summed E-state index contributed by atoms with van der Waals surface area (Å²) in [6.07, 6.45) is 0. The fourth-order valence-electron chi connectivity index (χ4n) is 1.43. The van der Waals surface area contributed by atoms with Gasteiger partial charge in [-0.05, 0) is 19.2 Å². The minimum absolute atomic E-state index is 0.0940. The third kappa shape index (κ3) is 1.84. The summed E-state index contributed by atoms with van der Waals surface area (Å²) in [5, 5.41) is 11.3. The lowest BCUT2D eigenvalue weighted by Crippen LogP contribution is -2.30. The van der Waals surface area contributed by atoms with Crippen molar-refractivity contribution in [2.24, 2.45) is 5.73 Å². The third-order valence-electron chi connectivity index (χ3n) is 2.16. The molecule has 0 aliphatic heterocycles. The molecule has 1 heterocycles. The SMILES string of the molecule is CNC(C(=N)N)c1nc2ccccc2s1. The molecular weight excluding hydrogens is 208 g/mol. The molecule has 0 aliphatic rings.